The van der Waals surface area contributed by atoms with E-state index in [0.29, 0.717) is 11.5 Å². The van der Waals surface area contributed by atoms with Crippen LogP contribution in [-0.2, 0) is 11.6 Å². The first-order chi connectivity index (χ1) is 17.6. The number of nitrogens with one attached hydrogen (secondary N) is 2. The van der Waals surface area contributed by atoms with Gasteiger partial charge < -0.3 is 19.7 Å². The number of rotatable bonds is 5. The summed E-state index contributed by atoms with van der Waals surface area (Å²) in [5.41, 5.74) is 0.289. The fourth-order valence-electron chi connectivity index (χ4n) is 5.65. The van der Waals surface area contributed by atoms with Crippen LogP contribution in [-0.4, -0.2) is 50.8 Å². The van der Waals surface area contributed by atoms with Gasteiger partial charge in [-0.1, -0.05) is 17.7 Å². The molecule has 1 aliphatic heterocycles. The summed E-state index contributed by atoms with van der Waals surface area (Å²) in [6.07, 6.45) is 0.567. The smallest absolute Gasteiger partial charge is 0.417 e. The Morgan fingerprint density at radius 2 is 1.92 bits per heavy atom. The Hall–Kier alpha value is -3.16. The lowest BCUT2D eigenvalue weighted by Gasteiger charge is -2.44. The van der Waals surface area contributed by atoms with Crippen LogP contribution in [0.1, 0.15) is 36.8 Å². The van der Waals surface area contributed by atoms with Gasteiger partial charge in [0.15, 0.2) is 17.7 Å². The molecule has 1 heterocycles. The number of benzene rings is 2. The maximum atomic E-state index is 13.3. The van der Waals surface area contributed by atoms with Crippen molar-refractivity contribution < 1.29 is 22.6 Å². The second-order valence-corrected chi connectivity index (χ2v) is 9.84. The van der Waals surface area contributed by atoms with Gasteiger partial charge in [0.05, 0.1) is 30.8 Å². The van der Waals surface area contributed by atoms with Crippen LogP contribution < -0.4 is 20.1 Å². The van der Waals surface area contributed by atoms with Crippen LogP contribution in [0.2, 0.25) is 5.02 Å². The number of likely N-dealkylation sites (tertiary alicyclic amines) is 1. The van der Waals surface area contributed by atoms with Crippen molar-refractivity contribution in [1.82, 2.24) is 10.2 Å². The van der Waals surface area contributed by atoms with E-state index in [2.05, 4.69) is 34.7 Å². The largest absolute Gasteiger partial charge is 0.493 e. The maximum Gasteiger partial charge on any atom is 0.417 e. The molecule has 3 atom stereocenters. The average molecular weight is 536 g/mol. The first-order valence-corrected chi connectivity index (χ1v) is 12.3. The lowest BCUT2D eigenvalue weighted by molar-refractivity contribution is -0.137. The van der Waals surface area contributed by atoms with E-state index in [4.69, 9.17) is 26.1 Å². The Labute approximate surface area is 219 Å². The van der Waals surface area contributed by atoms with Crippen molar-refractivity contribution in [1.29, 1.82) is 5.26 Å². The van der Waals surface area contributed by atoms with E-state index >= 15 is 0 Å². The van der Waals surface area contributed by atoms with Crippen LogP contribution in [0.3, 0.4) is 0 Å². The molecule has 0 bridgehead atoms. The SMILES string of the molecule is COc1ccc([C@@]23CC[C@@H](N=C(NC#N)Nc4ccc(Cl)c(C(F)(F)F)c4)C[C@@H]2N(C)CC3)cc1OC. The van der Waals surface area contributed by atoms with Gasteiger partial charge in [-0.15, -0.1) is 0 Å². The minimum atomic E-state index is -4.60. The van der Waals surface area contributed by atoms with E-state index in [1.165, 1.54) is 17.7 Å². The maximum absolute atomic E-state index is 13.3. The van der Waals surface area contributed by atoms with Crippen LogP contribution in [0.15, 0.2) is 41.4 Å². The van der Waals surface area contributed by atoms with E-state index in [1.807, 2.05) is 12.3 Å². The Morgan fingerprint density at radius 1 is 1.16 bits per heavy atom. The van der Waals surface area contributed by atoms with Crippen LogP contribution in [0.4, 0.5) is 18.9 Å². The number of hydrogen-bond donors (Lipinski definition) is 2. The van der Waals surface area contributed by atoms with Crippen molar-refractivity contribution in [2.24, 2.45) is 4.99 Å². The van der Waals surface area contributed by atoms with Crippen molar-refractivity contribution >= 4 is 23.2 Å². The van der Waals surface area contributed by atoms with E-state index in [0.717, 1.165) is 38.3 Å². The number of halogens is 4. The minimum Gasteiger partial charge on any atom is -0.493 e. The summed E-state index contributed by atoms with van der Waals surface area (Å²) in [5.74, 6) is 1.47. The molecule has 1 aliphatic carbocycles. The molecule has 0 aromatic heterocycles. The fourth-order valence-corrected chi connectivity index (χ4v) is 5.87. The molecule has 0 unspecified atom stereocenters. The molecule has 1 saturated carbocycles. The van der Waals surface area contributed by atoms with E-state index < -0.39 is 16.8 Å². The average Bonchev–Trinajstić information content (AvgIpc) is 3.21. The standard InChI is InChI=1S/C26H29ClF3N5O2/c1-35-11-10-25(16-4-7-21(36-2)22(12-16)37-3)9-8-18(14-23(25)35)34-24(32-15-31)33-17-5-6-20(27)19(13-17)26(28,29)30/h4-7,12-13,18,23H,8-11,14H2,1-3H3,(H2,32,33,34)/t18-,23+,25+/m1/s1. The summed E-state index contributed by atoms with van der Waals surface area (Å²) in [6, 6.07) is 9.65. The van der Waals surface area contributed by atoms with Gasteiger partial charge in [0.25, 0.3) is 0 Å². The van der Waals surface area contributed by atoms with Gasteiger partial charge in [-0.25, -0.2) is 4.99 Å². The first-order valence-electron chi connectivity index (χ1n) is 11.9. The highest BCUT2D eigenvalue weighted by Crippen LogP contribution is 2.50. The van der Waals surface area contributed by atoms with E-state index in [1.54, 1.807) is 14.2 Å². The molecule has 0 spiro atoms. The Balaban J connectivity index is 1.58. The number of likely N-dealkylation sites (N-methyl/N-ethyl adjacent to an activating group) is 1. The molecule has 0 radical (unpaired) electrons. The van der Waals surface area contributed by atoms with Gasteiger partial charge in [0.1, 0.15) is 0 Å². The lowest BCUT2D eigenvalue weighted by Crippen LogP contribution is -2.47. The number of ether oxygens (including phenoxy) is 2. The zero-order valence-electron chi connectivity index (χ0n) is 20.8. The third kappa shape index (κ3) is 5.43. The third-order valence-electron chi connectivity index (χ3n) is 7.48. The summed E-state index contributed by atoms with van der Waals surface area (Å²) in [7, 11) is 5.33. The van der Waals surface area contributed by atoms with Gasteiger partial charge in [-0.2, -0.15) is 18.4 Å². The van der Waals surface area contributed by atoms with Crippen molar-refractivity contribution in [3.8, 4) is 17.7 Å². The quantitative estimate of drug-likeness (QED) is 0.231. The van der Waals surface area contributed by atoms with Gasteiger partial charge in [-0.3, -0.25) is 5.32 Å². The van der Waals surface area contributed by atoms with Crippen LogP contribution in [0, 0.1) is 11.5 Å². The highest BCUT2D eigenvalue weighted by molar-refractivity contribution is 6.31. The van der Waals surface area contributed by atoms with Crippen LogP contribution in [0.5, 0.6) is 11.5 Å². The summed E-state index contributed by atoms with van der Waals surface area (Å²) in [6.45, 7) is 0.933. The van der Waals surface area contributed by atoms with Crippen molar-refractivity contribution in [3.05, 3.63) is 52.5 Å². The molecule has 0 amide bonds. The molecular weight excluding hydrogens is 507 g/mol. The van der Waals surface area contributed by atoms with Crippen molar-refractivity contribution in [3.63, 3.8) is 0 Å². The van der Waals surface area contributed by atoms with Gasteiger partial charge in [0, 0.05) is 17.1 Å². The Kier molecular flexibility index (Phi) is 7.76. The number of guanidine groups is 1. The highest BCUT2D eigenvalue weighted by atomic mass is 35.5. The Morgan fingerprint density at radius 3 is 2.59 bits per heavy atom. The van der Waals surface area contributed by atoms with Crippen molar-refractivity contribution in [2.45, 2.75) is 49.4 Å². The fraction of sp³-hybridized carbons (Fsp3) is 0.462. The zero-order valence-corrected chi connectivity index (χ0v) is 21.6. The number of anilines is 1. The monoisotopic (exact) mass is 535 g/mol. The minimum absolute atomic E-state index is 0.0750. The number of nitrogens with zero attached hydrogens (tertiary/aromatic N) is 3. The predicted octanol–water partition coefficient (Wildman–Crippen LogP) is 5.41. The molecule has 7 nitrogen and oxygen atoms in total. The molecule has 198 valence electrons. The number of methoxy groups -OCH3 is 2. The molecule has 2 fully saturated rings. The predicted molar refractivity (Wildman–Crippen MR) is 136 cm³/mol. The lowest BCUT2D eigenvalue weighted by atomic mass is 9.65. The van der Waals surface area contributed by atoms with Gasteiger partial charge >= 0.3 is 6.18 Å². The van der Waals surface area contributed by atoms with Gasteiger partial charge in [0.2, 0.25) is 5.96 Å². The topological polar surface area (TPSA) is 81.9 Å². The van der Waals surface area contributed by atoms with E-state index in [-0.39, 0.29) is 29.1 Å². The van der Waals surface area contributed by atoms with E-state index in [9.17, 15) is 18.4 Å². The highest BCUT2D eigenvalue weighted by Gasteiger charge is 2.50. The van der Waals surface area contributed by atoms with Crippen LogP contribution >= 0.6 is 11.6 Å². The number of fused-ring (bicyclic) bond motifs is 1. The molecule has 4 rings (SSSR count). The first kappa shape index (κ1) is 26.9. The summed E-state index contributed by atoms with van der Waals surface area (Å²) >= 11 is 5.73. The van der Waals surface area contributed by atoms with Crippen molar-refractivity contribution in [2.75, 3.05) is 33.1 Å². The number of alkyl halides is 3. The summed E-state index contributed by atoms with van der Waals surface area (Å²) < 4.78 is 50.8. The summed E-state index contributed by atoms with van der Waals surface area (Å²) in [5, 5.41) is 14.1. The normalized spacial score (nSPS) is 24.2. The van der Waals surface area contributed by atoms with Gasteiger partial charge in [-0.05, 0) is 75.2 Å². The number of hydrogen-bond acceptors (Lipinski definition) is 5. The Bertz CT molecular complexity index is 1220. The molecule has 2 aromatic rings. The molecule has 1 saturated heterocycles. The molecule has 37 heavy (non-hydrogen) atoms. The molecule has 11 heteroatoms. The number of aliphatic imine (C=N–C) groups is 1. The van der Waals surface area contributed by atoms with Crippen LogP contribution in [0.25, 0.3) is 0 Å². The molecule has 2 aromatic carbocycles. The molecule has 2 N–H and O–H groups in total. The third-order valence-corrected chi connectivity index (χ3v) is 7.81. The second-order valence-electron chi connectivity index (χ2n) is 9.43. The second kappa shape index (κ2) is 10.7. The summed E-state index contributed by atoms with van der Waals surface area (Å²) in [4.78, 5) is 7.03. The zero-order chi connectivity index (χ0) is 26.8. The molecular formula is C26H29ClF3N5O2. The number of nitriles is 1. The molecule has 2 aliphatic rings.